The summed E-state index contributed by atoms with van der Waals surface area (Å²) in [5.41, 5.74) is 0. The van der Waals surface area contributed by atoms with E-state index in [4.69, 9.17) is 0 Å². The van der Waals surface area contributed by atoms with Crippen LogP contribution in [0.2, 0.25) is 0 Å². The van der Waals surface area contributed by atoms with Crippen molar-refractivity contribution in [2.75, 3.05) is 19.6 Å². The normalized spacial score (nSPS) is 38.5. The molecule has 0 radical (unpaired) electrons. The molecule has 5 heteroatoms. The van der Waals surface area contributed by atoms with E-state index in [9.17, 15) is 13.6 Å². The number of amides is 1. The Morgan fingerprint density at radius 3 is 2.58 bits per heavy atom. The molecule has 1 aliphatic carbocycles. The van der Waals surface area contributed by atoms with Gasteiger partial charge >= 0.3 is 0 Å². The molecule has 2 saturated heterocycles. The van der Waals surface area contributed by atoms with E-state index in [0.29, 0.717) is 24.7 Å². The molecule has 19 heavy (non-hydrogen) atoms. The molecule has 1 saturated carbocycles. The third-order valence-corrected chi connectivity index (χ3v) is 5.28. The first-order valence-electron chi connectivity index (χ1n) is 7.37. The fourth-order valence-electron chi connectivity index (χ4n) is 3.98. The summed E-state index contributed by atoms with van der Waals surface area (Å²) in [6.45, 7) is 4.89. The number of nitrogens with zero attached hydrogens (tertiary/aromatic N) is 1. The molecule has 1 N–H and O–H groups in total. The molecule has 0 aromatic rings. The third-order valence-electron chi connectivity index (χ3n) is 5.28. The van der Waals surface area contributed by atoms with Crippen LogP contribution in [0.4, 0.5) is 8.78 Å². The van der Waals surface area contributed by atoms with E-state index in [1.807, 2.05) is 4.90 Å². The van der Waals surface area contributed by atoms with Gasteiger partial charge in [-0.05, 0) is 31.6 Å². The molecule has 2 aliphatic heterocycles. The van der Waals surface area contributed by atoms with E-state index in [0.717, 1.165) is 19.6 Å². The van der Waals surface area contributed by atoms with E-state index in [1.165, 1.54) is 0 Å². The molecule has 0 bridgehead atoms. The molecule has 1 amide bonds. The molecule has 3 atom stereocenters. The molecule has 3 rings (SSSR count). The lowest BCUT2D eigenvalue weighted by molar-refractivity contribution is -0.140. The molecule has 2 heterocycles. The molecule has 0 aromatic carbocycles. The van der Waals surface area contributed by atoms with Crippen LogP contribution in [0.5, 0.6) is 0 Å². The summed E-state index contributed by atoms with van der Waals surface area (Å²) in [6.07, 6.45) is 0.450. The van der Waals surface area contributed by atoms with E-state index in [1.54, 1.807) is 0 Å². The summed E-state index contributed by atoms with van der Waals surface area (Å²) in [4.78, 5) is 14.5. The molecular weight excluding hydrogens is 250 g/mol. The average Bonchev–Trinajstić information content (AvgIpc) is 2.92. The summed E-state index contributed by atoms with van der Waals surface area (Å²) in [5.74, 6) is -1.49. The van der Waals surface area contributed by atoms with Crippen molar-refractivity contribution in [1.29, 1.82) is 0 Å². The fourth-order valence-corrected chi connectivity index (χ4v) is 3.98. The maximum atomic E-state index is 13.1. The van der Waals surface area contributed by atoms with Crippen LogP contribution in [-0.4, -0.2) is 42.4 Å². The highest BCUT2D eigenvalue weighted by Gasteiger charge is 2.46. The minimum atomic E-state index is -2.55. The van der Waals surface area contributed by atoms with Crippen LogP contribution < -0.4 is 5.32 Å². The largest absolute Gasteiger partial charge is 0.339 e. The van der Waals surface area contributed by atoms with Crippen LogP contribution in [0.3, 0.4) is 0 Å². The van der Waals surface area contributed by atoms with Crippen LogP contribution in [-0.2, 0) is 4.79 Å². The molecule has 3 unspecified atom stereocenters. The van der Waals surface area contributed by atoms with E-state index < -0.39 is 5.92 Å². The SMILES string of the molecule is CC1C2CNCC2CN1C(=O)C1CCC(F)(F)CC1. The predicted molar refractivity (Wildman–Crippen MR) is 67.9 cm³/mol. The lowest BCUT2D eigenvalue weighted by atomic mass is 9.85. The number of hydrogen-bond donors (Lipinski definition) is 1. The zero-order chi connectivity index (χ0) is 13.6. The number of fused-ring (bicyclic) bond motifs is 1. The van der Waals surface area contributed by atoms with Crippen molar-refractivity contribution in [3.05, 3.63) is 0 Å². The van der Waals surface area contributed by atoms with Crippen molar-refractivity contribution in [2.24, 2.45) is 17.8 Å². The average molecular weight is 272 g/mol. The van der Waals surface area contributed by atoms with Gasteiger partial charge in [0.05, 0.1) is 0 Å². The molecule has 108 valence electrons. The molecule has 3 nitrogen and oxygen atoms in total. The number of nitrogens with one attached hydrogen (secondary N) is 1. The highest BCUT2D eigenvalue weighted by molar-refractivity contribution is 5.79. The van der Waals surface area contributed by atoms with Crippen LogP contribution in [0.15, 0.2) is 0 Å². The van der Waals surface area contributed by atoms with Crippen molar-refractivity contribution in [1.82, 2.24) is 10.2 Å². The number of likely N-dealkylation sites (tertiary alicyclic amines) is 1. The number of carbonyl (C=O) groups excluding carboxylic acids is 1. The number of alkyl halides is 2. The van der Waals surface area contributed by atoms with Gasteiger partial charge in [0.2, 0.25) is 11.8 Å². The van der Waals surface area contributed by atoms with E-state index >= 15 is 0 Å². The van der Waals surface area contributed by atoms with E-state index in [-0.39, 0.29) is 30.7 Å². The Bertz CT molecular complexity index is 364. The Balaban J connectivity index is 1.62. The second-order valence-electron chi connectivity index (χ2n) is 6.44. The van der Waals surface area contributed by atoms with Crippen molar-refractivity contribution in [3.63, 3.8) is 0 Å². The minimum absolute atomic E-state index is 0.123. The zero-order valence-electron chi connectivity index (χ0n) is 11.4. The van der Waals surface area contributed by atoms with Crippen LogP contribution in [0.1, 0.15) is 32.6 Å². The van der Waals surface area contributed by atoms with Gasteiger partial charge in [-0.1, -0.05) is 0 Å². The Morgan fingerprint density at radius 1 is 1.26 bits per heavy atom. The minimum Gasteiger partial charge on any atom is -0.339 e. The standard InChI is InChI=1S/C14H22F2N2O/c1-9-12-7-17-6-11(12)8-18(9)13(19)10-2-4-14(15,16)5-3-10/h9-12,17H,2-8H2,1H3. The van der Waals surface area contributed by atoms with Gasteiger partial charge in [0.25, 0.3) is 0 Å². The Hall–Kier alpha value is -0.710. The molecule has 0 aromatic heterocycles. The fraction of sp³-hybridized carbons (Fsp3) is 0.929. The van der Waals surface area contributed by atoms with Crippen molar-refractivity contribution >= 4 is 5.91 Å². The summed E-state index contributed by atoms with van der Waals surface area (Å²) in [7, 11) is 0. The van der Waals surface area contributed by atoms with Crippen LogP contribution in [0.25, 0.3) is 0 Å². The summed E-state index contributed by atoms with van der Waals surface area (Å²) in [6, 6.07) is 0.259. The lowest BCUT2D eigenvalue weighted by Gasteiger charge is -2.33. The molecule has 3 fully saturated rings. The first-order valence-corrected chi connectivity index (χ1v) is 7.37. The monoisotopic (exact) mass is 272 g/mol. The summed E-state index contributed by atoms with van der Waals surface area (Å²) in [5, 5.41) is 3.37. The second kappa shape index (κ2) is 4.69. The highest BCUT2D eigenvalue weighted by atomic mass is 19.3. The Morgan fingerprint density at radius 2 is 1.95 bits per heavy atom. The van der Waals surface area contributed by atoms with Gasteiger partial charge in [-0.3, -0.25) is 4.79 Å². The second-order valence-corrected chi connectivity index (χ2v) is 6.44. The number of rotatable bonds is 1. The van der Waals surface area contributed by atoms with Crippen molar-refractivity contribution < 1.29 is 13.6 Å². The van der Waals surface area contributed by atoms with Gasteiger partial charge in [-0.2, -0.15) is 0 Å². The molecule has 0 spiro atoms. The summed E-state index contributed by atoms with van der Waals surface area (Å²) >= 11 is 0. The smallest absolute Gasteiger partial charge is 0.248 e. The first-order chi connectivity index (χ1) is 8.98. The van der Waals surface area contributed by atoms with Gasteiger partial charge in [0, 0.05) is 44.4 Å². The molecular formula is C14H22F2N2O. The van der Waals surface area contributed by atoms with Gasteiger partial charge in [0.15, 0.2) is 0 Å². The van der Waals surface area contributed by atoms with Gasteiger partial charge in [0.1, 0.15) is 0 Å². The van der Waals surface area contributed by atoms with Crippen LogP contribution in [0, 0.1) is 17.8 Å². The number of carbonyl (C=O) groups is 1. The van der Waals surface area contributed by atoms with Gasteiger partial charge in [-0.25, -0.2) is 8.78 Å². The summed E-state index contributed by atoms with van der Waals surface area (Å²) < 4.78 is 26.3. The third kappa shape index (κ3) is 2.37. The maximum absolute atomic E-state index is 13.1. The van der Waals surface area contributed by atoms with Crippen LogP contribution >= 0.6 is 0 Å². The molecule has 3 aliphatic rings. The van der Waals surface area contributed by atoms with Crippen molar-refractivity contribution in [3.8, 4) is 0 Å². The van der Waals surface area contributed by atoms with Gasteiger partial charge in [-0.15, -0.1) is 0 Å². The topological polar surface area (TPSA) is 32.3 Å². The predicted octanol–water partition coefficient (Wildman–Crippen LogP) is 1.88. The van der Waals surface area contributed by atoms with E-state index in [2.05, 4.69) is 12.2 Å². The lowest BCUT2D eigenvalue weighted by Crippen LogP contribution is -2.43. The van der Waals surface area contributed by atoms with Gasteiger partial charge < -0.3 is 10.2 Å². The quantitative estimate of drug-likeness (QED) is 0.790. The Kier molecular flexibility index (Phi) is 3.28. The first kappa shape index (κ1) is 13.3. The highest BCUT2D eigenvalue weighted by Crippen LogP contribution is 2.39. The maximum Gasteiger partial charge on any atom is 0.248 e. The Labute approximate surface area is 112 Å². The number of halogens is 2. The zero-order valence-corrected chi connectivity index (χ0v) is 11.4. The van der Waals surface area contributed by atoms with Crippen molar-refractivity contribution in [2.45, 2.75) is 44.6 Å². The number of hydrogen-bond acceptors (Lipinski definition) is 2.